The van der Waals surface area contributed by atoms with Crippen LogP contribution in [0.15, 0.2) is 35.1 Å². The van der Waals surface area contributed by atoms with Gasteiger partial charge in [0.2, 0.25) is 5.91 Å². The van der Waals surface area contributed by atoms with Gasteiger partial charge in [-0.05, 0) is 41.8 Å². The summed E-state index contributed by atoms with van der Waals surface area (Å²) in [5.74, 6) is -0.157. The summed E-state index contributed by atoms with van der Waals surface area (Å²) in [6.45, 7) is -0.237. The molecule has 150 valence electrons. The molecule has 1 aromatic heterocycles. The van der Waals surface area contributed by atoms with Crippen molar-refractivity contribution in [3.05, 3.63) is 40.8 Å². The zero-order valence-corrected chi connectivity index (χ0v) is 16.3. The molecule has 10 heteroatoms. The fourth-order valence-electron chi connectivity index (χ4n) is 4.20. The van der Waals surface area contributed by atoms with Crippen LogP contribution in [0, 0.1) is 0 Å². The highest BCUT2D eigenvalue weighted by Crippen LogP contribution is 2.29. The largest absolute Gasteiger partial charge is 0.368 e. The summed E-state index contributed by atoms with van der Waals surface area (Å²) >= 11 is 0. The average Bonchev–Trinajstić information content (AvgIpc) is 3.39. The van der Waals surface area contributed by atoms with Gasteiger partial charge in [0, 0.05) is 12.1 Å². The number of hydrogen-bond acceptors (Lipinski definition) is 6. The van der Waals surface area contributed by atoms with E-state index in [0.29, 0.717) is 12.1 Å². The average molecular weight is 405 g/mol. The quantitative estimate of drug-likeness (QED) is 0.712. The van der Waals surface area contributed by atoms with E-state index in [0.717, 1.165) is 35.0 Å². The highest BCUT2D eigenvalue weighted by Gasteiger charge is 2.39. The van der Waals surface area contributed by atoms with E-state index >= 15 is 0 Å². The smallest absolute Gasteiger partial charge is 0.334 e. The molecule has 2 fully saturated rings. The predicted octanol–water partition coefficient (Wildman–Crippen LogP) is 0.387. The van der Waals surface area contributed by atoms with Gasteiger partial charge in [-0.3, -0.25) is 4.79 Å². The summed E-state index contributed by atoms with van der Waals surface area (Å²) in [5, 5.41) is 7.71. The third-order valence-electron chi connectivity index (χ3n) is 5.53. The normalized spacial score (nSPS) is 21.8. The Kier molecular flexibility index (Phi) is 5.05. The molecule has 0 unspecified atom stereocenters. The molecule has 28 heavy (non-hydrogen) atoms. The van der Waals surface area contributed by atoms with Crippen molar-refractivity contribution in [1.29, 1.82) is 0 Å². The molecular formula is C18H23N5O4S. The van der Waals surface area contributed by atoms with E-state index in [1.165, 1.54) is 0 Å². The van der Waals surface area contributed by atoms with Gasteiger partial charge in [-0.15, -0.1) is 0 Å². The van der Waals surface area contributed by atoms with E-state index in [9.17, 15) is 18.0 Å². The standard InChI is InChI=1S/C18H23N5O4S/c24-17(12-21-18(25)23(20-19-21)15-8-2-1-3-9-15)22(14-6-4-5-7-14)16-10-11-28(26,27)13-16/h1-3,8-9,14,16H,4-7,10-13H2/t16-/m0/s1. The molecule has 0 radical (unpaired) electrons. The fraction of sp³-hybridized carbons (Fsp3) is 0.556. The first-order valence-corrected chi connectivity index (χ1v) is 11.4. The van der Waals surface area contributed by atoms with Gasteiger partial charge in [0.15, 0.2) is 9.84 Å². The number of amides is 1. The number of carbonyl (C=O) groups is 1. The minimum Gasteiger partial charge on any atom is -0.334 e. The molecule has 1 amide bonds. The second-order valence-corrected chi connectivity index (χ2v) is 9.69. The van der Waals surface area contributed by atoms with Crippen molar-refractivity contribution in [2.45, 2.75) is 50.7 Å². The van der Waals surface area contributed by atoms with Gasteiger partial charge in [0.05, 0.1) is 17.2 Å². The maximum absolute atomic E-state index is 13.1. The minimum atomic E-state index is -3.11. The van der Waals surface area contributed by atoms with Crippen molar-refractivity contribution in [3.63, 3.8) is 0 Å². The van der Waals surface area contributed by atoms with Crippen LogP contribution in [0.3, 0.4) is 0 Å². The third-order valence-corrected chi connectivity index (χ3v) is 7.28. The Morgan fingerprint density at radius 2 is 1.79 bits per heavy atom. The summed E-state index contributed by atoms with van der Waals surface area (Å²) < 4.78 is 26.1. The summed E-state index contributed by atoms with van der Waals surface area (Å²) in [7, 11) is -3.11. The van der Waals surface area contributed by atoms with E-state index in [1.807, 2.05) is 6.07 Å². The van der Waals surface area contributed by atoms with Crippen LogP contribution in [-0.4, -0.2) is 62.6 Å². The molecular weight excluding hydrogens is 382 g/mol. The number of hydrogen-bond donors (Lipinski definition) is 0. The van der Waals surface area contributed by atoms with Gasteiger partial charge in [0.25, 0.3) is 0 Å². The van der Waals surface area contributed by atoms with E-state index in [1.54, 1.807) is 29.2 Å². The maximum Gasteiger partial charge on any atom is 0.368 e. The van der Waals surface area contributed by atoms with Gasteiger partial charge in [0.1, 0.15) is 6.54 Å². The van der Waals surface area contributed by atoms with Crippen LogP contribution >= 0.6 is 0 Å². The van der Waals surface area contributed by atoms with Crippen molar-refractivity contribution in [2.24, 2.45) is 0 Å². The summed E-state index contributed by atoms with van der Waals surface area (Å²) in [6.07, 6.45) is 4.24. The monoisotopic (exact) mass is 405 g/mol. The molecule has 0 N–H and O–H groups in total. The molecule has 1 aromatic carbocycles. The topological polar surface area (TPSA) is 107 Å². The van der Waals surface area contributed by atoms with Gasteiger partial charge in [-0.25, -0.2) is 13.2 Å². The second kappa shape index (κ2) is 7.50. The highest BCUT2D eigenvalue weighted by molar-refractivity contribution is 7.91. The highest BCUT2D eigenvalue weighted by atomic mass is 32.2. The lowest BCUT2D eigenvalue weighted by Crippen LogP contribution is -2.49. The zero-order chi connectivity index (χ0) is 19.7. The van der Waals surface area contributed by atoms with Crippen LogP contribution < -0.4 is 5.69 Å². The first kappa shape index (κ1) is 18.9. The Morgan fingerprint density at radius 1 is 1.07 bits per heavy atom. The number of nitrogens with zero attached hydrogens (tertiary/aromatic N) is 5. The lowest BCUT2D eigenvalue weighted by Gasteiger charge is -2.33. The Morgan fingerprint density at radius 3 is 2.43 bits per heavy atom. The van der Waals surface area contributed by atoms with Crippen LogP contribution in [0.25, 0.3) is 5.69 Å². The zero-order valence-electron chi connectivity index (χ0n) is 15.5. The number of benzene rings is 1. The molecule has 1 aliphatic heterocycles. The van der Waals surface area contributed by atoms with Gasteiger partial charge >= 0.3 is 5.69 Å². The summed E-state index contributed by atoms with van der Waals surface area (Å²) in [5.41, 5.74) is 0.0747. The van der Waals surface area contributed by atoms with Gasteiger partial charge in [-0.2, -0.15) is 9.36 Å². The minimum absolute atomic E-state index is 0.000838. The Bertz CT molecular complexity index is 1010. The molecule has 2 aliphatic rings. The van der Waals surface area contributed by atoms with Crippen LogP contribution in [0.1, 0.15) is 32.1 Å². The molecule has 1 aliphatic carbocycles. The van der Waals surface area contributed by atoms with E-state index in [4.69, 9.17) is 0 Å². The Hall–Kier alpha value is -2.49. The van der Waals surface area contributed by atoms with Crippen LogP contribution in [-0.2, 0) is 21.2 Å². The third kappa shape index (κ3) is 3.73. The molecule has 0 bridgehead atoms. The number of carbonyl (C=O) groups excluding carboxylic acids is 1. The molecule has 0 spiro atoms. The van der Waals surface area contributed by atoms with E-state index in [2.05, 4.69) is 10.4 Å². The lowest BCUT2D eigenvalue weighted by atomic mass is 10.1. The number of aromatic nitrogens is 4. The van der Waals surface area contributed by atoms with Crippen molar-refractivity contribution in [3.8, 4) is 5.69 Å². The molecule has 1 atom stereocenters. The van der Waals surface area contributed by atoms with Crippen LogP contribution in [0.5, 0.6) is 0 Å². The molecule has 4 rings (SSSR count). The number of rotatable bonds is 5. The molecule has 2 aromatic rings. The van der Waals surface area contributed by atoms with Crippen molar-refractivity contribution in [2.75, 3.05) is 11.5 Å². The van der Waals surface area contributed by atoms with Gasteiger partial charge in [-0.1, -0.05) is 31.0 Å². The number of tetrazole rings is 1. The molecule has 2 heterocycles. The van der Waals surface area contributed by atoms with Crippen molar-refractivity contribution >= 4 is 15.7 Å². The first-order chi connectivity index (χ1) is 13.4. The molecule has 1 saturated heterocycles. The van der Waals surface area contributed by atoms with E-state index < -0.39 is 15.5 Å². The van der Waals surface area contributed by atoms with Gasteiger partial charge < -0.3 is 4.90 Å². The lowest BCUT2D eigenvalue weighted by molar-refractivity contribution is -0.136. The fourth-order valence-corrected chi connectivity index (χ4v) is 5.91. The SMILES string of the molecule is O=C(Cn1nnn(-c2ccccc2)c1=O)N(C1CCCC1)[C@H]1CCS(=O)(=O)C1. The number of sulfone groups is 1. The Labute approximate surface area is 162 Å². The summed E-state index contributed by atoms with van der Waals surface area (Å²) in [6, 6.07) is 8.58. The molecule has 1 saturated carbocycles. The summed E-state index contributed by atoms with van der Waals surface area (Å²) in [4.78, 5) is 27.4. The van der Waals surface area contributed by atoms with Crippen molar-refractivity contribution < 1.29 is 13.2 Å². The Balaban J connectivity index is 1.57. The predicted molar refractivity (Wildman–Crippen MR) is 102 cm³/mol. The first-order valence-electron chi connectivity index (χ1n) is 9.54. The van der Waals surface area contributed by atoms with E-state index in [-0.39, 0.29) is 36.0 Å². The maximum atomic E-state index is 13.1. The van der Waals surface area contributed by atoms with Crippen molar-refractivity contribution in [1.82, 2.24) is 24.7 Å². The second-order valence-electron chi connectivity index (χ2n) is 7.46. The van der Waals surface area contributed by atoms with Crippen LogP contribution in [0.2, 0.25) is 0 Å². The van der Waals surface area contributed by atoms with Crippen LogP contribution in [0.4, 0.5) is 0 Å². The number of para-hydroxylation sites is 1. The molecule has 9 nitrogen and oxygen atoms in total.